The van der Waals surface area contributed by atoms with Gasteiger partial charge >= 0.3 is 5.97 Å². The van der Waals surface area contributed by atoms with Gasteiger partial charge in [0.1, 0.15) is 0 Å². The Hall–Kier alpha value is -2.96. The Labute approximate surface area is 126 Å². The van der Waals surface area contributed by atoms with E-state index in [1.54, 1.807) is 12.1 Å². The van der Waals surface area contributed by atoms with Crippen molar-refractivity contribution in [1.29, 1.82) is 0 Å². The van der Waals surface area contributed by atoms with E-state index in [9.17, 15) is 19.2 Å². The molecule has 1 aromatic carbocycles. The number of carbonyl (C=O) groups is 4. The summed E-state index contributed by atoms with van der Waals surface area (Å²) in [5.74, 6) is -2.54. The number of imide groups is 1. The van der Waals surface area contributed by atoms with Crippen LogP contribution in [-0.2, 0) is 14.4 Å². The molecular weight excluding hydrogens is 288 g/mol. The molecular formula is C15H14N2O5. The summed E-state index contributed by atoms with van der Waals surface area (Å²) >= 11 is 0. The fraction of sp³-hybridized carbons (Fsp3) is 0.200. The van der Waals surface area contributed by atoms with Crippen LogP contribution in [0.15, 0.2) is 36.4 Å². The van der Waals surface area contributed by atoms with Crippen LogP contribution in [0.2, 0.25) is 0 Å². The molecule has 114 valence electrons. The molecule has 0 spiro atoms. The SMILES string of the molecule is C=C(C)C(=O)NCCC(=O)ON1C(=O)c2ccccc2C1=O. The number of hydroxylamine groups is 2. The maximum absolute atomic E-state index is 12.0. The molecule has 3 amide bonds. The van der Waals surface area contributed by atoms with Gasteiger partial charge in [-0.3, -0.25) is 14.4 Å². The predicted octanol–water partition coefficient (Wildman–Crippen LogP) is 0.823. The molecule has 7 heteroatoms. The van der Waals surface area contributed by atoms with Gasteiger partial charge in [0.15, 0.2) is 0 Å². The second-order valence-corrected chi connectivity index (χ2v) is 4.70. The zero-order chi connectivity index (χ0) is 16.3. The summed E-state index contributed by atoms with van der Waals surface area (Å²) in [7, 11) is 0. The van der Waals surface area contributed by atoms with E-state index in [0.29, 0.717) is 10.6 Å². The number of carbonyl (C=O) groups excluding carboxylic acids is 4. The van der Waals surface area contributed by atoms with Crippen molar-refractivity contribution in [3.8, 4) is 0 Å². The third kappa shape index (κ3) is 3.03. The number of benzene rings is 1. The predicted molar refractivity (Wildman–Crippen MR) is 75.5 cm³/mol. The third-order valence-electron chi connectivity index (χ3n) is 2.95. The van der Waals surface area contributed by atoms with Crippen molar-refractivity contribution in [3.63, 3.8) is 0 Å². The molecule has 0 bridgehead atoms. The molecule has 0 saturated heterocycles. The summed E-state index contributed by atoms with van der Waals surface area (Å²) in [6, 6.07) is 6.19. The van der Waals surface area contributed by atoms with E-state index in [4.69, 9.17) is 4.84 Å². The normalized spacial score (nSPS) is 12.9. The Bertz CT molecular complexity index is 645. The van der Waals surface area contributed by atoms with Gasteiger partial charge in [0, 0.05) is 12.1 Å². The lowest BCUT2D eigenvalue weighted by atomic mass is 10.1. The number of nitrogens with zero attached hydrogens (tertiary/aromatic N) is 1. The van der Waals surface area contributed by atoms with E-state index in [1.807, 2.05) is 0 Å². The average Bonchev–Trinajstić information content (AvgIpc) is 2.72. The second kappa shape index (κ2) is 6.21. The highest BCUT2D eigenvalue weighted by molar-refractivity contribution is 6.20. The molecule has 0 aliphatic carbocycles. The van der Waals surface area contributed by atoms with E-state index < -0.39 is 17.8 Å². The summed E-state index contributed by atoms with van der Waals surface area (Å²) in [5, 5.41) is 2.89. The van der Waals surface area contributed by atoms with Crippen LogP contribution in [-0.4, -0.2) is 35.3 Å². The van der Waals surface area contributed by atoms with Crippen molar-refractivity contribution in [2.75, 3.05) is 6.54 Å². The van der Waals surface area contributed by atoms with E-state index in [2.05, 4.69) is 11.9 Å². The van der Waals surface area contributed by atoms with Gasteiger partial charge in [0.05, 0.1) is 17.5 Å². The summed E-state index contributed by atoms with van der Waals surface area (Å²) in [6.07, 6.45) is -0.174. The first-order chi connectivity index (χ1) is 10.4. The fourth-order valence-electron chi connectivity index (χ4n) is 1.83. The van der Waals surface area contributed by atoms with Crippen LogP contribution in [0.4, 0.5) is 0 Å². The molecule has 1 aliphatic heterocycles. The van der Waals surface area contributed by atoms with Crippen molar-refractivity contribution in [1.82, 2.24) is 10.4 Å². The fourth-order valence-corrected chi connectivity index (χ4v) is 1.83. The number of rotatable bonds is 5. The molecule has 1 aromatic rings. The molecule has 0 fully saturated rings. The summed E-state index contributed by atoms with van der Waals surface area (Å²) in [6.45, 7) is 5.01. The quantitative estimate of drug-likeness (QED) is 0.642. The molecule has 1 N–H and O–H groups in total. The van der Waals surface area contributed by atoms with Gasteiger partial charge in [-0.05, 0) is 19.1 Å². The Morgan fingerprint density at radius 2 is 1.73 bits per heavy atom. The van der Waals surface area contributed by atoms with Gasteiger partial charge in [0.25, 0.3) is 11.8 Å². The van der Waals surface area contributed by atoms with Crippen molar-refractivity contribution in [2.24, 2.45) is 0 Å². The van der Waals surface area contributed by atoms with Gasteiger partial charge < -0.3 is 10.2 Å². The van der Waals surface area contributed by atoms with Gasteiger partial charge in [-0.2, -0.15) is 0 Å². The number of hydrogen-bond acceptors (Lipinski definition) is 5. The van der Waals surface area contributed by atoms with Crippen LogP contribution in [0.25, 0.3) is 0 Å². The van der Waals surface area contributed by atoms with Crippen LogP contribution in [0.5, 0.6) is 0 Å². The minimum Gasteiger partial charge on any atom is -0.352 e. The Morgan fingerprint density at radius 3 is 2.23 bits per heavy atom. The molecule has 22 heavy (non-hydrogen) atoms. The molecule has 1 heterocycles. The van der Waals surface area contributed by atoms with Crippen molar-refractivity contribution >= 4 is 23.7 Å². The monoisotopic (exact) mass is 302 g/mol. The summed E-state index contributed by atoms with van der Waals surface area (Å²) < 4.78 is 0. The lowest BCUT2D eigenvalue weighted by molar-refractivity contribution is -0.168. The Kier molecular flexibility index (Phi) is 4.36. The second-order valence-electron chi connectivity index (χ2n) is 4.70. The maximum atomic E-state index is 12.0. The first-order valence-corrected chi connectivity index (χ1v) is 6.54. The molecule has 7 nitrogen and oxygen atoms in total. The number of amides is 3. The van der Waals surface area contributed by atoms with E-state index in [1.165, 1.54) is 19.1 Å². The van der Waals surface area contributed by atoms with Crippen molar-refractivity contribution in [3.05, 3.63) is 47.5 Å². The topological polar surface area (TPSA) is 92.8 Å². The molecule has 0 unspecified atom stereocenters. The van der Waals surface area contributed by atoms with E-state index in [0.717, 1.165) is 0 Å². The van der Waals surface area contributed by atoms with Crippen molar-refractivity contribution < 1.29 is 24.0 Å². The molecule has 2 rings (SSSR count). The standard InChI is InChI=1S/C15H14N2O5/c1-9(2)13(19)16-8-7-12(18)22-17-14(20)10-5-3-4-6-11(10)15(17)21/h3-6H,1,7-8H2,2H3,(H,16,19). The van der Waals surface area contributed by atoms with Crippen LogP contribution in [0.1, 0.15) is 34.1 Å². The zero-order valence-corrected chi connectivity index (χ0v) is 11.9. The molecule has 0 aromatic heterocycles. The third-order valence-corrected chi connectivity index (χ3v) is 2.95. The summed E-state index contributed by atoms with van der Waals surface area (Å²) in [5.41, 5.74) is 0.695. The minimum absolute atomic E-state index is 0.0215. The van der Waals surface area contributed by atoms with Crippen LogP contribution in [0.3, 0.4) is 0 Å². The molecule has 1 aliphatic rings. The van der Waals surface area contributed by atoms with E-state index >= 15 is 0 Å². The first-order valence-electron chi connectivity index (χ1n) is 6.54. The first kappa shape index (κ1) is 15.4. The van der Waals surface area contributed by atoms with Crippen LogP contribution < -0.4 is 5.32 Å². The molecule has 0 atom stereocenters. The molecule has 0 radical (unpaired) electrons. The van der Waals surface area contributed by atoms with E-state index in [-0.39, 0.29) is 30.0 Å². The van der Waals surface area contributed by atoms with Crippen LogP contribution in [0, 0.1) is 0 Å². The average molecular weight is 302 g/mol. The molecule has 0 saturated carbocycles. The Balaban J connectivity index is 1.91. The maximum Gasteiger partial charge on any atom is 0.335 e. The number of hydrogen-bond donors (Lipinski definition) is 1. The lowest BCUT2D eigenvalue weighted by Gasteiger charge is -2.12. The highest BCUT2D eigenvalue weighted by Crippen LogP contribution is 2.22. The Morgan fingerprint density at radius 1 is 1.18 bits per heavy atom. The van der Waals surface area contributed by atoms with Crippen molar-refractivity contribution in [2.45, 2.75) is 13.3 Å². The van der Waals surface area contributed by atoms with Gasteiger partial charge in [0.2, 0.25) is 5.91 Å². The van der Waals surface area contributed by atoms with Gasteiger partial charge in [-0.25, -0.2) is 4.79 Å². The highest BCUT2D eigenvalue weighted by Gasteiger charge is 2.38. The number of nitrogens with one attached hydrogen (secondary N) is 1. The highest BCUT2D eigenvalue weighted by atomic mass is 16.7. The van der Waals surface area contributed by atoms with Gasteiger partial charge in [-0.15, -0.1) is 0 Å². The minimum atomic E-state index is -0.795. The smallest absolute Gasteiger partial charge is 0.335 e. The van der Waals surface area contributed by atoms with Crippen LogP contribution >= 0.6 is 0 Å². The largest absolute Gasteiger partial charge is 0.352 e. The lowest BCUT2D eigenvalue weighted by Crippen LogP contribution is -2.34. The van der Waals surface area contributed by atoms with Gasteiger partial charge in [-0.1, -0.05) is 23.8 Å². The number of fused-ring (bicyclic) bond motifs is 1. The summed E-state index contributed by atoms with van der Waals surface area (Å²) in [4.78, 5) is 51.6. The zero-order valence-electron chi connectivity index (χ0n) is 11.9.